The van der Waals surface area contributed by atoms with Crippen LogP contribution in [0.2, 0.25) is 0 Å². The van der Waals surface area contributed by atoms with Crippen molar-refractivity contribution in [3.05, 3.63) is 47.3 Å². The largest absolute Gasteiger partial charge is 0.351 e. The van der Waals surface area contributed by atoms with Crippen LogP contribution in [-0.2, 0) is 16.1 Å². The van der Waals surface area contributed by atoms with E-state index < -0.39 is 0 Å². The average molecular weight is 346 g/mol. The van der Waals surface area contributed by atoms with E-state index >= 15 is 0 Å². The van der Waals surface area contributed by atoms with Crippen molar-refractivity contribution < 1.29 is 9.59 Å². The molecule has 0 bridgehead atoms. The minimum Gasteiger partial charge on any atom is -0.351 e. The van der Waals surface area contributed by atoms with Gasteiger partial charge in [-0.25, -0.2) is 0 Å². The van der Waals surface area contributed by atoms with Crippen LogP contribution < -0.4 is 10.2 Å². The number of nitrogens with zero attached hydrogens (tertiary/aromatic N) is 1. The van der Waals surface area contributed by atoms with Crippen LogP contribution in [0.25, 0.3) is 0 Å². The SMILES string of the molecule is O=C(CSc1cccs1)NCc1ccc(N2CCCC2=O)cc1. The molecule has 1 aliphatic heterocycles. The maximum absolute atomic E-state index is 11.9. The smallest absolute Gasteiger partial charge is 0.230 e. The Morgan fingerprint density at radius 2 is 2.09 bits per heavy atom. The van der Waals surface area contributed by atoms with Crippen molar-refractivity contribution >= 4 is 40.6 Å². The second-order valence-corrected chi connectivity index (χ2v) is 7.54. The number of hydrogen-bond donors (Lipinski definition) is 1. The third-order valence-corrected chi connectivity index (χ3v) is 5.78. The Labute approximate surface area is 143 Å². The molecule has 23 heavy (non-hydrogen) atoms. The molecule has 120 valence electrons. The van der Waals surface area contributed by atoms with Crippen LogP contribution in [-0.4, -0.2) is 24.1 Å². The van der Waals surface area contributed by atoms with Crippen molar-refractivity contribution in [3.63, 3.8) is 0 Å². The number of carbonyl (C=O) groups excluding carboxylic acids is 2. The second kappa shape index (κ2) is 7.66. The molecule has 0 saturated carbocycles. The fraction of sp³-hybridized carbons (Fsp3) is 0.294. The number of rotatable bonds is 6. The number of amides is 2. The summed E-state index contributed by atoms with van der Waals surface area (Å²) in [5.41, 5.74) is 1.98. The molecular formula is C17H18N2O2S2. The van der Waals surface area contributed by atoms with E-state index in [1.165, 1.54) is 0 Å². The van der Waals surface area contributed by atoms with Crippen LogP contribution in [0.4, 0.5) is 5.69 Å². The van der Waals surface area contributed by atoms with Gasteiger partial charge in [-0.05, 0) is 35.6 Å². The first-order chi connectivity index (χ1) is 11.2. The van der Waals surface area contributed by atoms with E-state index in [-0.39, 0.29) is 11.8 Å². The molecule has 4 nitrogen and oxygen atoms in total. The first-order valence-electron chi connectivity index (χ1n) is 7.55. The Bertz CT molecular complexity index is 668. The van der Waals surface area contributed by atoms with Crippen LogP contribution in [0.15, 0.2) is 46.0 Å². The molecular weight excluding hydrogens is 328 g/mol. The Morgan fingerprint density at radius 3 is 2.74 bits per heavy atom. The predicted molar refractivity (Wildman–Crippen MR) is 94.9 cm³/mol. The van der Waals surface area contributed by atoms with Crippen molar-refractivity contribution in [2.75, 3.05) is 17.2 Å². The molecule has 1 aliphatic rings. The molecule has 2 aromatic rings. The van der Waals surface area contributed by atoms with E-state index in [9.17, 15) is 9.59 Å². The number of thiophene rings is 1. The molecule has 1 aromatic heterocycles. The van der Waals surface area contributed by atoms with E-state index in [4.69, 9.17) is 0 Å². The highest BCUT2D eigenvalue weighted by atomic mass is 32.2. The fourth-order valence-electron chi connectivity index (χ4n) is 2.45. The summed E-state index contributed by atoms with van der Waals surface area (Å²) in [4.78, 5) is 25.4. The molecule has 1 fully saturated rings. The molecule has 2 amide bonds. The number of anilines is 1. The van der Waals surface area contributed by atoms with Gasteiger partial charge in [-0.3, -0.25) is 9.59 Å². The Morgan fingerprint density at radius 1 is 1.26 bits per heavy atom. The van der Waals surface area contributed by atoms with E-state index in [0.29, 0.717) is 18.7 Å². The van der Waals surface area contributed by atoms with Crippen LogP contribution in [0.1, 0.15) is 18.4 Å². The van der Waals surface area contributed by atoms with Crippen LogP contribution in [0.5, 0.6) is 0 Å². The van der Waals surface area contributed by atoms with Gasteiger partial charge < -0.3 is 10.2 Å². The standard InChI is InChI=1S/C17H18N2O2S2/c20-15(12-23-17-4-2-10-22-17)18-11-13-5-7-14(8-6-13)19-9-1-3-16(19)21/h2,4-8,10H,1,3,9,11-12H2,(H,18,20). The molecule has 0 radical (unpaired) electrons. The highest BCUT2D eigenvalue weighted by molar-refractivity contribution is 8.01. The average Bonchev–Trinajstić information content (AvgIpc) is 3.23. The summed E-state index contributed by atoms with van der Waals surface area (Å²) in [6, 6.07) is 11.8. The zero-order valence-corrected chi connectivity index (χ0v) is 14.3. The van der Waals surface area contributed by atoms with Crippen LogP contribution in [0, 0.1) is 0 Å². The molecule has 6 heteroatoms. The molecule has 1 aromatic carbocycles. The number of benzene rings is 1. The monoisotopic (exact) mass is 346 g/mol. The third-order valence-electron chi connectivity index (χ3n) is 3.65. The number of carbonyl (C=O) groups is 2. The van der Waals surface area contributed by atoms with E-state index in [1.807, 2.05) is 46.7 Å². The molecule has 0 atom stereocenters. The maximum Gasteiger partial charge on any atom is 0.230 e. The van der Waals surface area contributed by atoms with Gasteiger partial charge in [0.1, 0.15) is 0 Å². The highest BCUT2D eigenvalue weighted by Crippen LogP contribution is 2.23. The molecule has 1 saturated heterocycles. The third kappa shape index (κ3) is 4.36. The summed E-state index contributed by atoms with van der Waals surface area (Å²) in [5.74, 6) is 0.653. The van der Waals surface area contributed by atoms with Crippen LogP contribution >= 0.6 is 23.1 Å². The van der Waals surface area contributed by atoms with E-state index in [2.05, 4.69) is 5.32 Å². The first-order valence-corrected chi connectivity index (χ1v) is 9.41. The van der Waals surface area contributed by atoms with Gasteiger partial charge in [0.2, 0.25) is 11.8 Å². The summed E-state index contributed by atoms with van der Waals surface area (Å²) >= 11 is 3.20. The Balaban J connectivity index is 1.46. The lowest BCUT2D eigenvalue weighted by Gasteiger charge is -2.16. The van der Waals surface area contributed by atoms with E-state index in [1.54, 1.807) is 23.1 Å². The van der Waals surface area contributed by atoms with Gasteiger partial charge in [0.15, 0.2) is 0 Å². The number of hydrogen-bond acceptors (Lipinski definition) is 4. The molecule has 0 unspecified atom stereocenters. The molecule has 1 N–H and O–H groups in total. The maximum atomic E-state index is 11.9. The lowest BCUT2D eigenvalue weighted by Crippen LogP contribution is -2.25. The van der Waals surface area contributed by atoms with Crippen molar-refractivity contribution in [2.45, 2.75) is 23.6 Å². The Hall–Kier alpha value is -1.79. The minimum atomic E-state index is 0.0298. The minimum absolute atomic E-state index is 0.0298. The number of nitrogens with one attached hydrogen (secondary N) is 1. The van der Waals surface area contributed by atoms with Gasteiger partial charge in [0.05, 0.1) is 9.96 Å². The lowest BCUT2D eigenvalue weighted by atomic mass is 10.2. The summed E-state index contributed by atoms with van der Waals surface area (Å²) in [7, 11) is 0. The van der Waals surface area contributed by atoms with Gasteiger partial charge in [-0.2, -0.15) is 0 Å². The molecule has 3 rings (SSSR count). The van der Waals surface area contributed by atoms with Crippen LogP contribution in [0.3, 0.4) is 0 Å². The number of thioether (sulfide) groups is 1. The summed E-state index contributed by atoms with van der Waals surface area (Å²) in [6.45, 7) is 1.31. The van der Waals surface area contributed by atoms with Gasteiger partial charge in [-0.15, -0.1) is 23.1 Å². The molecule has 2 heterocycles. The van der Waals surface area contributed by atoms with Gasteiger partial charge >= 0.3 is 0 Å². The second-order valence-electron chi connectivity index (χ2n) is 5.31. The normalized spacial score (nSPS) is 14.3. The quantitative estimate of drug-likeness (QED) is 0.817. The zero-order valence-electron chi connectivity index (χ0n) is 12.7. The van der Waals surface area contributed by atoms with Gasteiger partial charge in [0, 0.05) is 25.2 Å². The molecule has 0 spiro atoms. The van der Waals surface area contributed by atoms with Crippen molar-refractivity contribution in [1.29, 1.82) is 0 Å². The zero-order chi connectivity index (χ0) is 16.1. The van der Waals surface area contributed by atoms with Crippen molar-refractivity contribution in [1.82, 2.24) is 5.32 Å². The van der Waals surface area contributed by atoms with Gasteiger partial charge in [0.25, 0.3) is 0 Å². The molecule has 0 aliphatic carbocycles. The predicted octanol–water partition coefficient (Wildman–Crippen LogP) is 3.28. The fourth-order valence-corrected chi connectivity index (χ4v) is 4.06. The summed E-state index contributed by atoms with van der Waals surface area (Å²) < 4.78 is 1.15. The summed E-state index contributed by atoms with van der Waals surface area (Å²) in [6.07, 6.45) is 1.57. The summed E-state index contributed by atoms with van der Waals surface area (Å²) in [5, 5.41) is 4.93. The topological polar surface area (TPSA) is 49.4 Å². The van der Waals surface area contributed by atoms with Crippen molar-refractivity contribution in [3.8, 4) is 0 Å². The van der Waals surface area contributed by atoms with Crippen molar-refractivity contribution in [2.24, 2.45) is 0 Å². The van der Waals surface area contributed by atoms with E-state index in [0.717, 1.165) is 28.4 Å². The lowest BCUT2D eigenvalue weighted by molar-refractivity contribution is -0.119. The highest BCUT2D eigenvalue weighted by Gasteiger charge is 2.21. The van der Waals surface area contributed by atoms with Gasteiger partial charge in [-0.1, -0.05) is 18.2 Å². The Kier molecular flexibility index (Phi) is 5.35. The first kappa shape index (κ1) is 16.1.